The lowest BCUT2D eigenvalue weighted by atomic mass is 10.2. The van der Waals surface area contributed by atoms with Crippen molar-refractivity contribution in [3.8, 4) is 0 Å². The predicted octanol–water partition coefficient (Wildman–Crippen LogP) is 0.0265. The van der Waals surface area contributed by atoms with Crippen LogP contribution in [0.4, 0.5) is 0 Å². The van der Waals surface area contributed by atoms with Gasteiger partial charge in [0.2, 0.25) is 0 Å². The summed E-state index contributed by atoms with van der Waals surface area (Å²) >= 11 is 0. The van der Waals surface area contributed by atoms with Gasteiger partial charge in [-0.1, -0.05) is 0 Å². The van der Waals surface area contributed by atoms with E-state index in [1.54, 1.807) is 0 Å². The van der Waals surface area contributed by atoms with Crippen molar-refractivity contribution < 1.29 is 4.74 Å². The third-order valence-electron chi connectivity index (χ3n) is 2.53. The van der Waals surface area contributed by atoms with Crippen molar-refractivity contribution in [3.05, 3.63) is 0 Å². The smallest absolute Gasteiger partial charge is 0.155 e. The maximum absolute atomic E-state index is 5.36. The Hall–Kier alpha value is -0.120. The van der Waals surface area contributed by atoms with Crippen molar-refractivity contribution in [2.45, 2.75) is 25.6 Å². The molecule has 0 bridgehead atoms. The Labute approximate surface area is 67.7 Å². The Morgan fingerprint density at radius 3 is 2.82 bits per heavy atom. The molecule has 2 aliphatic heterocycles. The van der Waals surface area contributed by atoms with E-state index in [0.29, 0.717) is 6.04 Å². The third kappa shape index (κ3) is 1.41. The van der Waals surface area contributed by atoms with Crippen LogP contribution in [0, 0.1) is 0 Å². The molecule has 2 saturated heterocycles. The number of nitrogens with zero attached hydrogens (tertiary/aromatic N) is 1. The van der Waals surface area contributed by atoms with Crippen molar-refractivity contribution in [3.63, 3.8) is 0 Å². The van der Waals surface area contributed by atoms with Crippen LogP contribution in [0.3, 0.4) is 0 Å². The minimum atomic E-state index is 0.0581. The van der Waals surface area contributed by atoms with Crippen molar-refractivity contribution in [1.82, 2.24) is 10.2 Å². The summed E-state index contributed by atoms with van der Waals surface area (Å²) in [5, 5.41) is 3.39. The zero-order valence-electron chi connectivity index (χ0n) is 7.26. The van der Waals surface area contributed by atoms with Gasteiger partial charge in [0.25, 0.3) is 0 Å². The lowest BCUT2D eigenvalue weighted by molar-refractivity contribution is 0.0971. The molecule has 0 aliphatic carbocycles. The van der Waals surface area contributed by atoms with Gasteiger partial charge in [-0.05, 0) is 13.8 Å². The minimum absolute atomic E-state index is 0.0581. The van der Waals surface area contributed by atoms with Gasteiger partial charge in [-0.2, -0.15) is 0 Å². The number of piperazine rings is 1. The second kappa shape index (κ2) is 2.44. The molecule has 3 heteroatoms. The first-order valence-electron chi connectivity index (χ1n) is 4.35. The molecule has 2 aliphatic rings. The van der Waals surface area contributed by atoms with Gasteiger partial charge in [0.15, 0.2) is 5.72 Å². The van der Waals surface area contributed by atoms with Gasteiger partial charge in [-0.25, -0.2) is 0 Å². The zero-order chi connectivity index (χ0) is 7.90. The highest BCUT2D eigenvalue weighted by Crippen LogP contribution is 2.27. The van der Waals surface area contributed by atoms with Crippen LogP contribution in [-0.2, 0) is 4.74 Å². The molecule has 0 aromatic carbocycles. The van der Waals surface area contributed by atoms with Crippen molar-refractivity contribution in [1.29, 1.82) is 0 Å². The van der Waals surface area contributed by atoms with Gasteiger partial charge in [0, 0.05) is 25.7 Å². The van der Waals surface area contributed by atoms with Crippen LogP contribution in [0.5, 0.6) is 0 Å². The predicted molar refractivity (Wildman–Crippen MR) is 43.4 cm³/mol. The Kier molecular flexibility index (Phi) is 1.67. The standard InChI is InChI=1S/C8H16N2O/c1-7(2)10-4-3-9-8(5-10)6-11-8/h7,9H,3-6H2,1-2H3. The Morgan fingerprint density at radius 2 is 2.27 bits per heavy atom. The summed E-state index contributed by atoms with van der Waals surface area (Å²) in [7, 11) is 0. The Balaban J connectivity index is 1.93. The molecule has 0 saturated carbocycles. The van der Waals surface area contributed by atoms with Gasteiger partial charge in [0.1, 0.15) is 0 Å². The average Bonchev–Trinajstić information content (AvgIpc) is 2.69. The Bertz CT molecular complexity index is 154. The summed E-state index contributed by atoms with van der Waals surface area (Å²) in [6.45, 7) is 8.66. The summed E-state index contributed by atoms with van der Waals surface area (Å²) in [5.41, 5.74) is 0.0581. The first kappa shape index (κ1) is 7.53. The summed E-state index contributed by atoms with van der Waals surface area (Å²) in [5.74, 6) is 0. The summed E-state index contributed by atoms with van der Waals surface area (Å²) in [6, 6.07) is 0.651. The molecule has 3 nitrogen and oxygen atoms in total. The Morgan fingerprint density at radius 1 is 1.55 bits per heavy atom. The van der Waals surface area contributed by atoms with E-state index in [2.05, 4.69) is 24.1 Å². The molecule has 0 radical (unpaired) electrons. The van der Waals surface area contributed by atoms with Crippen LogP contribution in [-0.4, -0.2) is 42.9 Å². The first-order chi connectivity index (χ1) is 5.22. The maximum Gasteiger partial charge on any atom is 0.155 e. The minimum Gasteiger partial charge on any atom is -0.352 e. The first-order valence-corrected chi connectivity index (χ1v) is 4.35. The monoisotopic (exact) mass is 156 g/mol. The number of rotatable bonds is 1. The van der Waals surface area contributed by atoms with Crippen molar-refractivity contribution in [2.75, 3.05) is 26.2 Å². The van der Waals surface area contributed by atoms with Gasteiger partial charge in [-0.15, -0.1) is 0 Å². The second-order valence-electron chi connectivity index (χ2n) is 3.77. The van der Waals surface area contributed by atoms with Gasteiger partial charge in [-0.3, -0.25) is 10.2 Å². The van der Waals surface area contributed by atoms with E-state index in [9.17, 15) is 0 Å². The van der Waals surface area contributed by atoms with E-state index < -0.39 is 0 Å². The van der Waals surface area contributed by atoms with E-state index in [4.69, 9.17) is 4.74 Å². The molecule has 11 heavy (non-hydrogen) atoms. The molecular weight excluding hydrogens is 140 g/mol. The molecular formula is C8H16N2O. The van der Waals surface area contributed by atoms with E-state index in [1.165, 1.54) is 0 Å². The van der Waals surface area contributed by atoms with E-state index in [0.717, 1.165) is 26.2 Å². The molecule has 1 spiro atoms. The topological polar surface area (TPSA) is 27.8 Å². The molecule has 1 atom stereocenters. The van der Waals surface area contributed by atoms with Crippen molar-refractivity contribution in [2.24, 2.45) is 0 Å². The van der Waals surface area contributed by atoms with Gasteiger partial charge in [0.05, 0.1) is 6.61 Å². The number of hydrogen-bond acceptors (Lipinski definition) is 3. The zero-order valence-corrected chi connectivity index (χ0v) is 7.26. The van der Waals surface area contributed by atoms with Crippen LogP contribution >= 0.6 is 0 Å². The fourth-order valence-electron chi connectivity index (χ4n) is 1.61. The molecule has 2 heterocycles. The van der Waals surface area contributed by atoms with Crippen LogP contribution < -0.4 is 5.32 Å². The van der Waals surface area contributed by atoms with E-state index in [1.807, 2.05) is 0 Å². The maximum atomic E-state index is 5.36. The summed E-state index contributed by atoms with van der Waals surface area (Å²) in [6.07, 6.45) is 0. The number of epoxide rings is 1. The molecule has 1 unspecified atom stereocenters. The molecule has 0 aromatic rings. The molecule has 2 fully saturated rings. The molecule has 0 aromatic heterocycles. The molecule has 0 amide bonds. The quantitative estimate of drug-likeness (QED) is 0.543. The third-order valence-corrected chi connectivity index (χ3v) is 2.53. The highest BCUT2D eigenvalue weighted by Gasteiger charge is 2.47. The molecule has 64 valence electrons. The average molecular weight is 156 g/mol. The van der Waals surface area contributed by atoms with Crippen LogP contribution in [0.25, 0.3) is 0 Å². The lowest BCUT2D eigenvalue weighted by Crippen LogP contribution is -2.55. The second-order valence-corrected chi connectivity index (χ2v) is 3.77. The molecule has 2 rings (SSSR count). The van der Waals surface area contributed by atoms with Gasteiger partial charge < -0.3 is 4.74 Å². The number of nitrogens with one attached hydrogen (secondary N) is 1. The van der Waals surface area contributed by atoms with Crippen molar-refractivity contribution >= 4 is 0 Å². The SMILES string of the molecule is CC(C)N1CCNC2(CO2)C1. The summed E-state index contributed by atoms with van der Waals surface area (Å²) in [4.78, 5) is 2.46. The fourth-order valence-corrected chi connectivity index (χ4v) is 1.61. The number of hydrogen-bond donors (Lipinski definition) is 1. The van der Waals surface area contributed by atoms with Crippen LogP contribution in [0.2, 0.25) is 0 Å². The van der Waals surface area contributed by atoms with Crippen LogP contribution in [0.1, 0.15) is 13.8 Å². The largest absolute Gasteiger partial charge is 0.352 e. The van der Waals surface area contributed by atoms with Gasteiger partial charge >= 0.3 is 0 Å². The van der Waals surface area contributed by atoms with Crippen LogP contribution in [0.15, 0.2) is 0 Å². The van der Waals surface area contributed by atoms with E-state index in [-0.39, 0.29) is 5.72 Å². The fraction of sp³-hybridized carbons (Fsp3) is 1.00. The van der Waals surface area contributed by atoms with E-state index >= 15 is 0 Å². The highest BCUT2D eigenvalue weighted by atomic mass is 16.6. The lowest BCUT2D eigenvalue weighted by Gasteiger charge is -2.34. The number of ether oxygens (including phenoxy) is 1. The summed E-state index contributed by atoms with van der Waals surface area (Å²) < 4.78 is 5.36. The highest BCUT2D eigenvalue weighted by molar-refractivity contribution is 4.96. The molecule has 1 N–H and O–H groups in total. The normalized spacial score (nSPS) is 38.5.